The lowest BCUT2D eigenvalue weighted by Gasteiger charge is -2.10. The van der Waals surface area contributed by atoms with Crippen molar-refractivity contribution in [3.63, 3.8) is 0 Å². The minimum absolute atomic E-state index is 0.150. The molecule has 0 unspecified atom stereocenters. The quantitative estimate of drug-likeness (QED) is 0.431. The van der Waals surface area contributed by atoms with E-state index in [-0.39, 0.29) is 5.91 Å². The summed E-state index contributed by atoms with van der Waals surface area (Å²) in [4.78, 5) is 13.0. The number of aromatic nitrogens is 2. The van der Waals surface area contributed by atoms with Crippen LogP contribution in [-0.2, 0) is 6.42 Å². The number of benzene rings is 1. The molecule has 2 rings (SSSR count). The van der Waals surface area contributed by atoms with Crippen molar-refractivity contribution in [3.8, 4) is 5.75 Å². The molecule has 2 aromatic rings. The van der Waals surface area contributed by atoms with Gasteiger partial charge in [0.2, 0.25) is 0 Å². The Kier molecular flexibility index (Phi) is 7.64. The van der Waals surface area contributed by atoms with Gasteiger partial charge in [-0.05, 0) is 44.4 Å². The van der Waals surface area contributed by atoms with Crippen LogP contribution in [0.2, 0.25) is 0 Å². The number of carbonyl (C=O) groups is 1. The Morgan fingerprint density at radius 1 is 1.19 bits per heavy atom. The molecule has 0 fully saturated rings. The van der Waals surface area contributed by atoms with E-state index in [0.29, 0.717) is 17.9 Å². The van der Waals surface area contributed by atoms with E-state index in [0.717, 1.165) is 24.2 Å². The normalized spacial score (nSPS) is 10.7. The molecule has 0 aliphatic heterocycles. The fraction of sp³-hybridized carbons (Fsp3) is 0.455. The number of rotatable bonds is 10. The van der Waals surface area contributed by atoms with Crippen LogP contribution < -0.4 is 4.74 Å². The molecular weight excluding hydrogens is 324 g/mol. The largest absolute Gasteiger partial charge is 0.489 e. The standard InChI is InChI=1S/C22H30N2O2/c1-5-7-8-9-10-13-19-17(3)23-24(18(19)4)22(25)20-14-11-12-15-21(20)26-16-6-2/h6,11-12,14-15H,2,5,7-10,13,16H2,1,3-4H3. The second-order valence-corrected chi connectivity index (χ2v) is 6.63. The summed E-state index contributed by atoms with van der Waals surface area (Å²) in [6.07, 6.45) is 8.82. The molecule has 1 aromatic heterocycles. The highest BCUT2D eigenvalue weighted by Crippen LogP contribution is 2.22. The maximum atomic E-state index is 13.0. The van der Waals surface area contributed by atoms with Gasteiger partial charge < -0.3 is 4.74 Å². The summed E-state index contributed by atoms with van der Waals surface area (Å²) < 4.78 is 7.15. The van der Waals surface area contributed by atoms with E-state index in [2.05, 4.69) is 18.6 Å². The zero-order valence-electron chi connectivity index (χ0n) is 16.3. The highest BCUT2D eigenvalue weighted by atomic mass is 16.5. The Morgan fingerprint density at radius 3 is 2.65 bits per heavy atom. The van der Waals surface area contributed by atoms with Gasteiger partial charge in [-0.3, -0.25) is 4.79 Å². The van der Waals surface area contributed by atoms with Crippen molar-refractivity contribution >= 4 is 5.91 Å². The van der Waals surface area contributed by atoms with Crippen molar-refractivity contribution in [2.45, 2.75) is 59.3 Å². The lowest BCUT2D eigenvalue weighted by molar-refractivity contribution is 0.0938. The first kappa shape index (κ1) is 20.0. The van der Waals surface area contributed by atoms with Crippen molar-refractivity contribution in [2.75, 3.05) is 6.61 Å². The summed E-state index contributed by atoms with van der Waals surface area (Å²) in [6, 6.07) is 7.28. The summed E-state index contributed by atoms with van der Waals surface area (Å²) in [7, 11) is 0. The number of unbranched alkanes of at least 4 members (excludes halogenated alkanes) is 4. The topological polar surface area (TPSA) is 44.1 Å². The molecule has 0 bridgehead atoms. The van der Waals surface area contributed by atoms with Gasteiger partial charge in [-0.1, -0.05) is 57.4 Å². The third kappa shape index (κ3) is 4.84. The lowest BCUT2D eigenvalue weighted by atomic mass is 10.0. The van der Waals surface area contributed by atoms with Gasteiger partial charge in [-0.25, -0.2) is 4.68 Å². The first-order valence-corrected chi connectivity index (χ1v) is 9.52. The molecule has 1 aromatic carbocycles. The van der Waals surface area contributed by atoms with Gasteiger partial charge in [-0.15, -0.1) is 0 Å². The minimum Gasteiger partial charge on any atom is -0.489 e. The third-order valence-corrected chi connectivity index (χ3v) is 4.64. The van der Waals surface area contributed by atoms with E-state index in [9.17, 15) is 4.79 Å². The van der Waals surface area contributed by atoms with Gasteiger partial charge in [-0.2, -0.15) is 5.10 Å². The first-order chi connectivity index (χ1) is 12.6. The Balaban J connectivity index is 2.17. The molecule has 0 amide bonds. The van der Waals surface area contributed by atoms with E-state index in [1.54, 1.807) is 18.2 Å². The maximum Gasteiger partial charge on any atom is 0.282 e. The Labute approximate surface area is 156 Å². The molecule has 1 heterocycles. The Bertz CT molecular complexity index is 747. The third-order valence-electron chi connectivity index (χ3n) is 4.64. The molecule has 26 heavy (non-hydrogen) atoms. The molecule has 0 N–H and O–H groups in total. The molecule has 0 aliphatic carbocycles. The maximum absolute atomic E-state index is 13.0. The number of aryl methyl sites for hydroxylation is 1. The fourth-order valence-corrected chi connectivity index (χ4v) is 3.17. The molecule has 4 nitrogen and oxygen atoms in total. The number of carbonyl (C=O) groups excluding carboxylic acids is 1. The van der Waals surface area contributed by atoms with Crippen LogP contribution in [0.4, 0.5) is 0 Å². The fourth-order valence-electron chi connectivity index (χ4n) is 3.17. The van der Waals surface area contributed by atoms with Gasteiger partial charge in [0.05, 0.1) is 11.3 Å². The molecule has 0 atom stereocenters. The second kappa shape index (κ2) is 9.95. The second-order valence-electron chi connectivity index (χ2n) is 6.63. The SMILES string of the molecule is C=CCOc1ccccc1C(=O)n1nc(C)c(CCCCCCC)c1C. The zero-order valence-corrected chi connectivity index (χ0v) is 16.3. The van der Waals surface area contributed by atoms with Gasteiger partial charge in [0, 0.05) is 5.69 Å². The summed E-state index contributed by atoms with van der Waals surface area (Å²) in [5.41, 5.74) is 3.59. The molecule has 0 spiro atoms. The summed E-state index contributed by atoms with van der Waals surface area (Å²) >= 11 is 0. The number of ether oxygens (including phenoxy) is 1. The van der Waals surface area contributed by atoms with Crippen LogP contribution in [0.1, 0.15) is 66.3 Å². The summed E-state index contributed by atoms with van der Waals surface area (Å²) in [6.45, 7) is 10.2. The number of para-hydroxylation sites is 1. The van der Waals surface area contributed by atoms with Crippen molar-refractivity contribution < 1.29 is 9.53 Å². The van der Waals surface area contributed by atoms with Gasteiger partial charge in [0.1, 0.15) is 12.4 Å². The number of nitrogens with zero attached hydrogens (tertiary/aromatic N) is 2. The number of hydrogen-bond donors (Lipinski definition) is 0. The Morgan fingerprint density at radius 2 is 1.92 bits per heavy atom. The predicted octanol–water partition coefficient (Wildman–Crippen LogP) is 5.27. The van der Waals surface area contributed by atoms with Crippen LogP contribution in [0.25, 0.3) is 0 Å². The first-order valence-electron chi connectivity index (χ1n) is 9.52. The van der Waals surface area contributed by atoms with Gasteiger partial charge in [0.15, 0.2) is 0 Å². The minimum atomic E-state index is -0.150. The van der Waals surface area contributed by atoms with Crippen LogP contribution in [0.3, 0.4) is 0 Å². The average Bonchev–Trinajstić information content (AvgIpc) is 2.94. The average molecular weight is 354 g/mol. The van der Waals surface area contributed by atoms with Crippen LogP contribution in [0, 0.1) is 13.8 Å². The number of hydrogen-bond acceptors (Lipinski definition) is 3. The van der Waals surface area contributed by atoms with Crippen LogP contribution in [0.15, 0.2) is 36.9 Å². The Hall–Kier alpha value is -2.36. The van der Waals surface area contributed by atoms with Gasteiger partial charge in [0.25, 0.3) is 5.91 Å². The molecule has 0 aliphatic rings. The molecule has 0 saturated heterocycles. The van der Waals surface area contributed by atoms with E-state index in [1.807, 2.05) is 26.0 Å². The van der Waals surface area contributed by atoms with E-state index in [4.69, 9.17) is 4.74 Å². The van der Waals surface area contributed by atoms with Crippen molar-refractivity contribution in [1.82, 2.24) is 9.78 Å². The lowest BCUT2D eigenvalue weighted by Crippen LogP contribution is -2.17. The van der Waals surface area contributed by atoms with Gasteiger partial charge >= 0.3 is 0 Å². The van der Waals surface area contributed by atoms with Crippen molar-refractivity contribution in [1.29, 1.82) is 0 Å². The molecular formula is C22H30N2O2. The molecule has 0 radical (unpaired) electrons. The van der Waals surface area contributed by atoms with E-state index >= 15 is 0 Å². The van der Waals surface area contributed by atoms with Crippen molar-refractivity contribution in [3.05, 3.63) is 59.4 Å². The molecule has 4 heteroatoms. The predicted molar refractivity (Wildman–Crippen MR) is 106 cm³/mol. The van der Waals surface area contributed by atoms with E-state index in [1.165, 1.54) is 35.9 Å². The highest BCUT2D eigenvalue weighted by Gasteiger charge is 2.20. The van der Waals surface area contributed by atoms with Crippen LogP contribution >= 0.6 is 0 Å². The summed E-state index contributed by atoms with van der Waals surface area (Å²) in [5, 5.41) is 4.51. The van der Waals surface area contributed by atoms with Crippen LogP contribution in [0.5, 0.6) is 5.75 Å². The van der Waals surface area contributed by atoms with Crippen molar-refractivity contribution in [2.24, 2.45) is 0 Å². The smallest absolute Gasteiger partial charge is 0.282 e. The highest BCUT2D eigenvalue weighted by molar-refractivity contribution is 5.98. The van der Waals surface area contributed by atoms with E-state index < -0.39 is 0 Å². The molecule has 0 saturated carbocycles. The summed E-state index contributed by atoms with van der Waals surface area (Å²) in [5.74, 6) is 0.411. The van der Waals surface area contributed by atoms with Crippen LogP contribution in [-0.4, -0.2) is 22.3 Å². The monoisotopic (exact) mass is 354 g/mol. The zero-order chi connectivity index (χ0) is 18.9. The molecule has 140 valence electrons.